The molecule has 1 aromatic carbocycles. The fourth-order valence-corrected chi connectivity index (χ4v) is 2.39. The van der Waals surface area contributed by atoms with Gasteiger partial charge in [-0.2, -0.15) is 0 Å². The van der Waals surface area contributed by atoms with Crippen molar-refractivity contribution in [2.75, 3.05) is 11.9 Å². The van der Waals surface area contributed by atoms with Crippen LogP contribution in [0.3, 0.4) is 0 Å². The van der Waals surface area contributed by atoms with E-state index in [1.165, 1.54) is 6.92 Å². The Morgan fingerprint density at radius 2 is 1.84 bits per heavy atom. The van der Waals surface area contributed by atoms with Crippen molar-refractivity contribution in [3.8, 4) is 0 Å². The molecule has 19 heavy (non-hydrogen) atoms. The number of amides is 2. The van der Waals surface area contributed by atoms with Crippen molar-refractivity contribution >= 4 is 40.7 Å². The van der Waals surface area contributed by atoms with E-state index >= 15 is 0 Å². The van der Waals surface area contributed by atoms with Gasteiger partial charge < -0.3 is 10.2 Å². The van der Waals surface area contributed by atoms with E-state index < -0.39 is 0 Å². The lowest BCUT2D eigenvalue weighted by Gasteiger charge is -2.19. The number of carbonyl (C=O) groups excluding carboxylic acids is 2. The third-order valence-electron chi connectivity index (χ3n) is 2.85. The number of anilines is 1. The van der Waals surface area contributed by atoms with Gasteiger partial charge in [-0.1, -0.05) is 23.2 Å². The summed E-state index contributed by atoms with van der Waals surface area (Å²) in [5.74, 6) is -0.331. The topological polar surface area (TPSA) is 49.4 Å². The molecule has 0 bridgehead atoms. The van der Waals surface area contributed by atoms with Gasteiger partial charge in [0.15, 0.2) is 0 Å². The summed E-state index contributed by atoms with van der Waals surface area (Å²) in [5.41, 5.74) is 0.529. The molecule has 0 aromatic heterocycles. The van der Waals surface area contributed by atoms with Crippen molar-refractivity contribution < 1.29 is 9.59 Å². The van der Waals surface area contributed by atoms with Crippen molar-refractivity contribution in [3.05, 3.63) is 28.2 Å². The fourth-order valence-electron chi connectivity index (χ4n) is 1.86. The van der Waals surface area contributed by atoms with Crippen LogP contribution in [-0.4, -0.2) is 29.3 Å². The molecule has 0 spiro atoms. The number of hydrogen-bond acceptors (Lipinski definition) is 2. The van der Waals surface area contributed by atoms with Crippen molar-refractivity contribution in [2.24, 2.45) is 0 Å². The van der Waals surface area contributed by atoms with Gasteiger partial charge in [0, 0.05) is 28.7 Å². The predicted molar refractivity (Wildman–Crippen MR) is 75.5 cm³/mol. The van der Waals surface area contributed by atoms with Gasteiger partial charge in [-0.3, -0.25) is 9.59 Å². The van der Waals surface area contributed by atoms with Crippen LogP contribution in [0.1, 0.15) is 19.8 Å². The SMILES string of the molecule is CC(=O)N(CC(=O)Nc1cc(Cl)cc(Cl)c1)C1CC1. The highest BCUT2D eigenvalue weighted by molar-refractivity contribution is 6.35. The number of nitrogens with one attached hydrogen (secondary N) is 1. The van der Waals surface area contributed by atoms with Crippen LogP contribution < -0.4 is 5.32 Å². The standard InChI is InChI=1S/C13H14Cl2N2O2/c1-8(18)17(12-2-3-12)7-13(19)16-11-5-9(14)4-10(15)6-11/h4-6,12H,2-3,7H2,1H3,(H,16,19). The van der Waals surface area contributed by atoms with Crippen LogP contribution in [0.5, 0.6) is 0 Å². The lowest BCUT2D eigenvalue weighted by atomic mass is 10.3. The quantitative estimate of drug-likeness (QED) is 0.929. The number of rotatable bonds is 4. The first-order valence-electron chi connectivity index (χ1n) is 5.99. The maximum atomic E-state index is 11.9. The molecule has 6 heteroatoms. The Morgan fingerprint density at radius 1 is 1.26 bits per heavy atom. The normalized spacial score (nSPS) is 14.1. The van der Waals surface area contributed by atoms with Crippen LogP contribution in [0.2, 0.25) is 10.0 Å². The van der Waals surface area contributed by atoms with Crippen LogP contribution in [0.25, 0.3) is 0 Å². The molecule has 0 aliphatic heterocycles. The smallest absolute Gasteiger partial charge is 0.244 e. The Hall–Kier alpha value is -1.26. The molecule has 0 atom stereocenters. The molecule has 4 nitrogen and oxygen atoms in total. The molecule has 1 fully saturated rings. The van der Waals surface area contributed by atoms with E-state index in [2.05, 4.69) is 5.32 Å². The number of nitrogens with zero attached hydrogens (tertiary/aromatic N) is 1. The van der Waals surface area contributed by atoms with Crippen molar-refractivity contribution in [1.82, 2.24) is 4.90 Å². The average Bonchev–Trinajstić information content (AvgIpc) is 3.07. The van der Waals surface area contributed by atoms with Crippen LogP contribution in [0.4, 0.5) is 5.69 Å². The Bertz CT molecular complexity index is 495. The highest BCUT2D eigenvalue weighted by Crippen LogP contribution is 2.27. The van der Waals surface area contributed by atoms with E-state index in [1.54, 1.807) is 23.1 Å². The van der Waals surface area contributed by atoms with Crippen molar-refractivity contribution in [1.29, 1.82) is 0 Å². The third kappa shape index (κ3) is 4.11. The molecule has 1 aliphatic rings. The molecular formula is C13H14Cl2N2O2. The summed E-state index contributed by atoms with van der Waals surface area (Å²) in [6.07, 6.45) is 1.94. The number of hydrogen-bond donors (Lipinski definition) is 1. The maximum Gasteiger partial charge on any atom is 0.244 e. The molecule has 1 aliphatic carbocycles. The summed E-state index contributed by atoms with van der Waals surface area (Å²) in [6, 6.07) is 5.03. The first-order chi connectivity index (χ1) is 8.95. The first-order valence-corrected chi connectivity index (χ1v) is 6.74. The van der Waals surface area contributed by atoms with Gasteiger partial charge in [0.2, 0.25) is 11.8 Å². The number of halogens is 2. The van der Waals surface area contributed by atoms with Crippen LogP contribution >= 0.6 is 23.2 Å². The number of carbonyl (C=O) groups is 2. The zero-order valence-electron chi connectivity index (χ0n) is 10.5. The van der Waals surface area contributed by atoms with E-state index in [4.69, 9.17) is 23.2 Å². The van der Waals surface area contributed by atoms with Crippen LogP contribution in [-0.2, 0) is 9.59 Å². The maximum absolute atomic E-state index is 11.9. The van der Waals surface area contributed by atoms with E-state index in [0.717, 1.165) is 12.8 Å². The van der Waals surface area contributed by atoms with E-state index in [9.17, 15) is 9.59 Å². The molecule has 0 saturated heterocycles. The fraction of sp³-hybridized carbons (Fsp3) is 0.385. The molecule has 0 radical (unpaired) electrons. The molecule has 1 saturated carbocycles. The second-order valence-corrected chi connectivity index (χ2v) is 5.46. The minimum atomic E-state index is -0.250. The molecule has 0 heterocycles. The highest BCUT2D eigenvalue weighted by Gasteiger charge is 2.31. The monoisotopic (exact) mass is 300 g/mol. The van der Waals surface area contributed by atoms with Crippen LogP contribution in [0.15, 0.2) is 18.2 Å². The summed E-state index contributed by atoms with van der Waals surface area (Å²) in [5, 5.41) is 3.59. The van der Waals surface area contributed by atoms with Gasteiger partial charge in [0.25, 0.3) is 0 Å². The summed E-state index contributed by atoms with van der Waals surface area (Å²) in [6.45, 7) is 1.53. The summed E-state index contributed by atoms with van der Waals surface area (Å²) in [4.78, 5) is 24.9. The minimum Gasteiger partial charge on any atom is -0.331 e. The van der Waals surface area contributed by atoms with Crippen molar-refractivity contribution in [2.45, 2.75) is 25.8 Å². The molecule has 2 amide bonds. The Labute approximate surface area is 121 Å². The third-order valence-corrected chi connectivity index (χ3v) is 3.29. The van der Waals surface area contributed by atoms with Gasteiger partial charge in [0.05, 0.1) is 0 Å². The van der Waals surface area contributed by atoms with E-state index in [-0.39, 0.29) is 24.4 Å². The molecule has 1 N–H and O–H groups in total. The lowest BCUT2D eigenvalue weighted by molar-refractivity contribution is -0.133. The average molecular weight is 301 g/mol. The van der Waals surface area contributed by atoms with Gasteiger partial charge in [-0.15, -0.1) is 0 Å². The van der Waals surface area contributed by atoms with E-state index in [0.29, 0.717) is 15.7 Å². The van der Waals surface area contributed by atoms with Crippen LogP contribution in [0, 0.1) is 0 Å². The number of benzene rings is 1. The summed E-state index contributed by atoms with van der Waals surface area (Å²) >= 11 is 11.7. The lowest BCUT2D eigenvalue weighted by Crippen LogP contribution is -2.38. The second-order valence-electron chi connectivity index (χ2n) is 4.58. The zero-order valence-corrected chi connectivity index (χ0v) is 12.0. The summed E-state index contributed by atoms with van der Waals surface area (Å²) < 4.78 is 0. The molecule has 1 aromatic rings. The van der Waals surface area contributed by atoms with Gasteiger partial charge in [-0.25, -0.2) is 0 Å². The molecule has 2 rings (SSSR count). The largest absolute Gasteiger partial charge is 0.331 e. The summed E-state index contributed by atoms with van der Waals surface area (Å²) in [7, 11) is 0. The zero-order chi connectivity index (χ0) is 14.0. The Balaban J connectivity index is 1.98. The van der Waals surface area contributed by atoms with E-state index in [1.807, 2.05) is 0 Å². The second kappa shape index (κ2) is 5.80. The van der Waals surface area contributed by atoms with Crippen molar-refractivity contribution in [3.63, 3.8) is 0 Å². The predicted octanol–water partition coefficient (Wildman–Crippen LogP) is 2.94. The highest BCUT2D eigenvalue weighted by atomic mass is 35.5. The molecule has 0 unspecified atom stereocenters. The van der Waals surface area contributed by atoms with Gasteiger partial charge >= 0.3 is 0 Å². The Kier molecular flexibility index (Phi) is 4.32. The van der Waals surface area contributed by atoms with Gasteiger partial charge in [-0.05, 0) is 31.0 Å². The first kappa shape index (κ1) is 14.2. The minimum absolute atomic E-state index is 0.0597. The molecular weight excluding hydrogens is 287 g/mol. The molecule has 102 valence electrons. The van der Waals surface area contributed by atoms with Gasteiger partial charge in [0.1, 0.15) is 6.54 Å². The Morgan fingerprint density at radius 3 is 2.32 bits per heavy atom.